The fourth-order valence-corrected chi connectivity index (χ4v) is 7.96. The lowest BCUT2D eigenvalue weighted by atomic mass is 10.0. The van der Waals surface area contributed by atoms with Crippen molar-refractivity contribution in [1.82, 2.24) is 5.32 Å². The Balaban J connectivity index is 4.54. The van der Waals surface area contributed by atoms with Gasteiger partial charge in [-0.15, -0.1) is 0 Å². The summed E-state index contributed by atoms with van der Waals surface area (Å²) >= 11 is 0. The number of allylic oxidation sites excluding steroid dienone is 6. The van der Waals surface area contributed by atoms with Crippen LogP contribution >= 0.6 is 0 Å². The molecule has 6 heteroatoms. The van der Waals surface area contributed by atoms with E-state index >= 15 is 0 Å². The molecule has 0 aromatic heterocycles. The highest BCUT2D eigenvalue weighted by Gasteiger charge is 2.24. The molecule has 6 nitrogen and oxygen atoms in total. The maximum Gasteiger partial charge on any atom is 0.306 e. The van der Waals surface area contributed by atoms with Crippen LogP contribution in [0.3, 0.4) is 0 Å². The number of unbranched alkanes of at least 4 members (excludes halogenated alkanes) is 29. The number of hydrogen-bond donors (Lipinski definition) is 3. The minimum absolute atomic E-state index is 0.0365. The van der Waals surface area contributed by atoms with Gasteiger partial charge in [0, 0.05) is 6.42 Å². The van der Waals surface area contributed by atoms with Crippen LogP contribution in [0.1, 0.15) is 271 Å². The van der Waals surface area contributed by atoms with Gasteiger partial charge in [-0.2, -0.15) is 0 Å². The molecule has 3 atom stereocenters. The summed E-state index contributed by atoms with van der Waals surface area (Å²) in [7, 11) is 0. The first-order valence-electron chi connectivity index (χ1n) is 26.2. The van der Waals surface area contributed by atoms with E-state index in [1.165, 1.54) is 167 Å². The highest BCUT2D eigenvalue weighted by atomic mass is 16.5. The van der Waals surface area contributed by atoms with E-state index in [0.717, 1.165) is 51.4 Å². The molecule has 0 aliphatic carbocycles. The van der Waals surface area contributed by atoms with E-state index in [4.69, 9.17) is 4.74 Å². The SMILES string of the molecule is CCCCCCCC/C=C\C/C=C/CCC(=O)OC(CCC/C=C\CCCCCCCC)CC(=O)NC(CO)C(O)CCCCCCCCCCCCCCCCCCC. The summed E-state index contributed by atoms with van der Waals surface area (Å²) in [5.41, 5.74) is 0. The molecule has 0 heterocycles. The van der Waals surface area contributed by atoms with Crippen LogP contribution in [0.5, 0.6) is 0 Å². The van der Waals surface area contributed by atoms with Gasteiger partial charge in [0.2, 0.25) is 5.91 Å². The third-order valence-corrected chi connectivity index (χ3v) is 12.0. The zero-order chi connectivity index (χ0) is 43.8. The van der Waals surface area contributed by atoms with Crippen molar-refractivity contribution in [2.24, 2.45) is 0 Å². The standard InChI is InChI=1S/C54H101NO5/c1-4-7-10-13-16-19-22-24-25-26-27-29-31-34-37-40-43-46-52(57)51(49-56)55-53(58)48-50(45-42-39-36-33-30-21-18-15-12-9-6-3)60-54(59)47-44-41-38-35-32-28-23-20-17-14-11-8-5-2/h28,32-33,36,38,41,50-52,56-57H,4-27,29-31,34-35,37,39-40,42-49H2,1-3H3,(H,55,58)/b32-28-,36-33-,41-38+. The molecule has 1 amide bonds. The molecule has 0 saturated carbocycles. The Morgan fingerprint density at radius 2 is 0.867 bits per heavy atom. The highest BCUT2D eigenvalue weighted by Crippen LogP contribution is 2.17. The van der Waals surface area contributed by atoms with Gasteiger partial charge >= 0.3 is 5.97 Å². The van der Waals surface area contributed by atoms with Crippen LogP contribution in [0.4, 0.5) is 0 Å². The molecular formula is C54H101NO5. The topological polar surface area (TPSA) is 95.9 Å². The zero-order valence-corrected chi connectivity index (χ0v) is 40.1. The number of aliphatic hydroxyl groups excluding tert-OH is 2. The average molecular weight is 844 g/mol. The van der Waals surface area contributed by atoms with Crippen LogP contribution in [-0.2, 0) is 14.3 Å². The van der Waals surface area contributed by atoms with Gasteiger partial charge in [-0.1, -0.05) is 231 Å². The van der Waals surface area contributed by atoms with Crippen molar-refractivity contribution in [2.75, 3.05) is 6.61 Å². The van der Waals surface area contributed by atoms with Gasteiger partial charge in [0.25, 0.3) is 0 Å². The second-order valence-corrected chi connectivity index (χ2v) is 17.9. The summed E-state index contributed by atoms with van der Waals surface area (Å²) in [6.45, 7) is 6.46. The van der Waals surface area contributed by atoms with Gasteiger partial charge in [0.05, 0.1) is 25.2 Å². The highest BCUT2D eigenvalue weighted by molar-refractivity contribution is 5.77. The van der Waals surface area contributed by atoms with E-state index in [1.54, 1.807) is 0 Å². The molecule has 352 valence electrons. The third kappa shape index (κ3) is 42.8. The van der Waals surface area contributed by atoms with E-state index in [-0.39, 0.29) is 31.3 Å². The van der Waals surface area contributed by atoms with Gasteiger partial charge in [0.15, 0.2) is 0 Å². The third-order valence-electron chi connectivity index (χ3n) is 12.0. The van der Waals surface area contributed by atoms with Gasteiger partial charge in [-0.25, -0.2) is 0 Å². The average Bonchev–Trinajstić information content (AvgIpc) is 3.24. The first-order valence-corrected chi connectivity index (χ1v) is 26.2. The van der Waals surface area contributed by atoms with Crippen LogP contribution in [0, 0.1) is 0 Å². The summed E-state index contributed by atoms with van der Waals surface area (Å²) in [5, 5.41) is 23.8. The van der Waals surface area contributed by atoms with Crippen LogP contribution in [0.25, 0.3) is 0 Å². The van der Waals surface area contributed by atoms with Gasteiger partial charge < -0.3 is 20.3 Å². The molecule has 0 radical (unpaired) electrons. The fraction of sp³-hybridized carbons (Fsp3) is 0.852. The van der Waals surface area contributed by atoms with Gasteiger partial charge in [-0.05, 0) is 64.2 Å². The quantitative estimate of drug-likeness (QED) is 0.0322. The number of esters is 1. The number of hydrogen-bond acceptors (Lipinski definition) is 5. The smallest absolute Gasteiger partial charge is 0.306 e. The molecule has 0 spiro atoms. The lowest BCUT2D eigenvalue weighted by Gasteiger charge is -2.24. The number of ether oxygens (including phenoxy) is 1. The molecule has 3 unspecified atom stereocenters. The molecule has 3 N–H and O–H groups in total. The summed E-state index contributed by atoms with van der Waals surface area (Å²) < 4.78 is 5.87. The second kappa shape index (κ2) is 48.1. The molecule has 0 bridgehead atoms. The molecule has 60 heavy (non-hydrogen) atoms. The van der Waals surface area contributed by atoms with Crippen molar-refractivity contribution in [1.29, 1.82) is 0 Å². The first-order chi connectivity index (χ1) is 29.5. The molecule has 0 aliphatic heterocycles. The minimum Gasteiger partial charge on any atom is -0.462 e. The van der Waals surface area contributed by atoms with Crippen molar-refractivity contribution < 1.29 is 24.5 Å². The summed E-state index contributed by atoms with van der Waals surface area (Å²) in [4.78, 5) is 26.0. The number of amides is 1. The normalized spacial score (nSPS) is 13.5. The minimum atomic E-state index is -0.801. The van der Waals surface area contributed by atoms with Crippen LogP contribution in [-0.4, -0.2) is 46.9 Å². The molecule has 0 rings (SSSR count). The Kier molecular flexibility index (Phi) is 46.6. The van der Waals surface area contributed by atoms with Crippen molar-refractivity contribution in [3.63, 3.8) is 0 Å². The number of nitrogens with one attached hydrogen (secondary N) is 1. The lowest BCUT2D eigenvalue weighted by molar-refractivity contribution is -0.150. The monoisotopic (exact) mass is 844 g/mol. The predicted octanol–water partition coefficient (Wildman–Crippen LogP) is 15.7. The Morgan fingerprint density at radius 1 is 0.483 bits per heavy atom. The van der Waals surface area contributed by atoms with E-state index in [0.29, 0.717) is 19.3 Å². The number of rotatable bonds is 47. The molecule has 0 aromatic rings. The number of aliphatic hydroxyl groups is 2. The molecule has 0 saturated heterocycles. The maximum absolute atomic E-state index is 13.2. The fourth-order valence-electron chi connectivity index (χ4n) is 7.96. The Morgan fingerprint density at radius 3 is 1.32 bits per heavy atom. The van der Waals surface area contributed by atoms with Crippen LogP contribution in [0.2, 0.25) is 0 Å². The second-order valence-electron chi connectivity index (χ2n) is 17.9. The lowest BCUT2D eigenvalue weighted by Crippen LogP contribution is -2.46. The van der Waals surface area contributed by atoms with Crippen molar-refractivity contribution in [3.05, 3.63) is 36.5 Å². The molecule has 0 aromatic carbocycles. The Bertz CT molecular complexity index is 993. The maximum atomic E-state index is 13.2. The van der Waals surface area contributed by atoms with Gasteiger partial charge in [-0.3, -0.25) is 9.59 Å². The van der Waals surface area contributed by atoms with Gasteiger partial charge in [0.1, 0.15) is 6.10 Å². The van der Waals surface area contributed by atoms with E-state index < -0.39 is 18.2 Å². The van der Waals surface area contributed by atoms with Crippen LogP contribution < -0.4 is 5.32 Å². The van der Waals surface area contributed by atoms with E-state index in [9.17, 15) is 19.8 Å². The zero-order valence-electron chi connectivity index (χ0n) is 40.1. The largest absolute Gasteiger partial charge is 0.462 e. The Labute approximate surface area is 373 Å². The number of carbonyl (C=O) groups is 2. The van der Waals surface area contributed by atoms with Crippen LogP contribution in [0.15, 0.2) is 36.5 Å². The van der Waals surface area contributed by atoms with E-state index in [1.807, 2.05) is 6.08 Å². The molecule has 0 fully saturated rings. The summed E-state index contributed by atoms with van der Waals surface area (Å²) in [6.07, 6.45) is 56.5. The number of carbonyl (C=O) groups excluding carboxylic acids is 2. The first kappa shape index (κ1) is 58.1. The molecular weight excluding hydrogens is 743 g/mol. The van der Waals surface area contributed by atoms with E-state index in [2.05, 4.69) is 56.5 Å². The Hall–Kier alpha value is -1.92. The predicted molar refractivity (Wildman–Crippen MR) is 259 cm³/mol. The summed E-state index contributed by atoms with van der Waals surface area (Å²) in [5.74, 6) is -0.577. The van der Waals surface area contributed by atoms with Crippen molar-refractivity contribution >= 4 is 11.9 Å². The summed E-state index contributed by atoms with van der Waals surface area (Å²) in [6, 6.07) is -0.718. The van der Waals surface area contributed by atoms with Crippen molar-refractivity contribution in [2.45, 2.75) is 289 Å². The molecule has 0 aliphatic rings. The van der Waals surface area contributed by atoms with Crippen molar-refractivity contribution in [3.8, 4) is 0 Å².